The maximum Gasteiger partial charge on any atom is 0.319 e. The van der Waals surface area contributed by atoms with Crippen LogP contribution < -0.4 is 10.6 Å². The van der Waals surface area contributed by atoms with Crippen molar-refractivity contribution in [2.75, 3.05) is 5.32 Å². The molecule has 1 fully saturated rings. The molecule has 1 aliphatic rings. The molecule has 1 saturated carbocycles. The van der Waals surface area contributed by atoms with Crippen molar-refractivity contribution in [1.29, 1.82) is 0 Å². The summed E-state index contributed by atoms with van der Waals surface area (Å²) < 4.78 is 0.992. The lowest BCUT2D eigenvalue weighted by Gasteiger charge is -2.18. The predicted molar refractivity (Wildman–Crippen MR) is 83.7 cm³/mol. The fourth-order valence-electron chi connectivity index (χ4n) is 2.28. The van der Waals surface area contributed by atoms with Gasteiger partial charge in [-0.2, -0.15) is 0 Å². The first-order chi connectivity index (χ1) is 9.68. The average molecular weight is 331 g/mol. The monoisotopic (exact) mass is 330 g/mol. The molecular formula is C16H15BrN2O. The van der Waals surface area contributed by atoms with Crippen molar-refractivity contribution in [2.24, 2.45) is 0 Å². The molecule has 0 saturated heterocycles. The van der Waals surface area contributed by atoms with Crippen LogP contribution in [-0.4, -0.2) is 6.03 Å². The molecule has 102 valence electrons. The summed E-state index contributed by atoms with van der Waals surface area (Å²) in [5, 5.41) is 5.95. The van der Waals surface area contributed by atoms with Gasteiger partial charge in [-0.25, -0.2) is 4.79 Å². The minimum absolute atomic E-state index is 0.159. The van der Waals surface area contributed by atoms with Gasteiger partial charge in [0.2, 0.25) is 0 Å². The SMILES string of the molecule is O=C(Nc1ccc(Br)cc1)NC1(c2ccccc2)CC1. The number of rotatable bonds is 3. The van der Waals surface area contributed by atoms with E-state index in [1.807, 2.05) is 42.5 Å². The summed E-state index contributed by atoms with van der Waals surface area (Å²) in [5.74, 6) is 0. The maximum atomic E-state index is 12.1. The molecule has 0 aromatic heterocycles. The van der Waals surface area contributed by atoms with Crippen molar-refractivity contribution in [2.45, 2.75) is 18.4 Å². The van der Waals surface area contributed by atoms with Gasteiger partial charge in [-0.15, -0.1) is 0 Å². The van der Waals surface area contributed by atoms with Crippen LogP contribution in [-0.2, 0) is 5.54 Å². The van der Waals surface area contributed by atoms with Crippen molar-refractivity contribution in [3.63, 3.8) is 0 Å². The second-order valence-electron chi connectivity index (χ2n) is 5.03. The van der Waals surface area contributed by atoms with Gasteiger partial charge in [0.15, 0.2) is 0 Å². The average Bonchev–Trinajstić information content (AvgIpc) is 3.23. The van der Waals surface area contributed by atoms with Crippen LogP contribution in [0.3, 0.4) is 0 Å². The third-order valence-electron chi connectivity index (χ3n) is 3.53. The molecule has 0 unspecified atom stereocenters. The van der Waals surface area contributed by atoms with E-state index in [9.17, 15) is 4.79 Å². The molecule has 0 aliphatic heterocycles. The van der Waals surface area contributed by atoms with Gasteiger partial charge in [0.1, 0.15) is 0 Å². The summed E-state index contributed by atoms with van der Waals surface area (Å²) in [5.41, 5.74) is 1.78. The van der Waals surface area contributed by atoms with Crippen LogP contribution in [0, 0.1) is 0 Å². The standard InChI is InChI=1S/C16H15BrN2O/c17-13-6-8-14(9-7-13)18-15(20)19-16(10-11-16)12-4-2-1-3-5-12/h1-9H,10-11H2,(H2,18,19,20). The Hall–Kier alpha value is -1.81. The lowest BCUT2D eigenvalue weighted by Crippen LogP contribution is -2.37. The Morgan fingerprint density at radius 2 is 1.65 bits per heavy atom. The van der Waals surface area contributed by atoms with Gasteiger partial charge in [-0.3, -0.25) is 0 Å². The number of amides is 2. The topological polar surface area (TPSA) is 41.1 Å². The van der Waals surface area contributed by atoms with Crippen LogP contribution in [0.15, 0.2) is 59.1 Å². The zero-order valence-electron chi connectivity index (χ0n) is 10.9. The van der Waals surface area contributed by atoms with E-state index in [2.05, 4.69) is 38.7 Å². The molecule has 1 aliphatic carbocycles. The Morgan fingerprint density at radius 3 is 2.25 bits per heavy atom. The second kappa shape index (κ2) is 5.29. The second-order valence-corrected chi connectivity index (χ2v) is 5.95. The lowest BCUT2D eigenvalue weighted by atomic mass is 10.1. The van der Waals surface area contributed by atoms with E-state index in [1.54, 1.807) is 0 Å². The highest BCUT2D eigenvalue weighted by Gasteiger charge is 2.45. The van der Waals surface area contributed by atoms with Crippen LogP contribution in [0.5, 0.6) is 0 Å². The van der Waals surface area contributed by atoms with Gasteiger partial charge in [0, 0.05) is 10.2 Å². The Kier molecular flexibility index (Phi) is 3.49. The molecule has 4 heteroatoms. The van der Waals surface area contributed by atoms with Crippen molar-refractivity contribution in [3.05, 3.63) is 64.6 Å². The molecule has 0 bridgehead atoms. The highest BCUT2D eigenvalue weighted by molar-refractivity contribution is 9.10. The zero-order chi connectivity index (χ0) is 14.0. The number of carbonyl (C=O) groups is 1. The van der Waals surface area contributed by atoms with Gasteiger partial charge in [0.25, 0.3) is 0 Å². The highest BCUT2D eigenvalue weighted by atomic mass is 79.9. The molecule has 2 aromatic carbocycles. The van der Waals surface area contributed by atoms with E-state index in [1.165, 1.54) is 5.56 Å². The van der Waals surface area contributed by atoms with Crippen LogP contribution in [0.25, 0.3) is 0 Å². The zero-order valence-corrected chi connectivity index (χ0v) is 12.5. The molecule has 3 nitrogen and oxygen atoms in total. The first-order valence-electron chi connectivity index (χ1n) is 6.58. The minimum atomic E-state index is -0.180. The lowest BCUT2D eigenvalue weighted by molar-refractivity contribution is 0.247. The Bertz CT molecular complexity index is 606. The number of hydrogen-bond donors (Lipinski definition) is 2. The van der Waals surface area contributed by atoms with E-state index in [-0.39, 0.29) is 11.6 Å². The minimum Gasteiger partial charge on any atom is -0.328 e. The normalized spacial score (nSPS) is 15.4. The number of halogens is 1. The van der Waals surface area contributed by atoms with Gasteiger partial charge >= 0.3 is 6.03 Å². The fourth-order valence-corrected chi connectivity index (χ4v) is 2.55. The van der Waals surface area contributed by atoms with Gasteiger partial charge < -0.3 is 10.6 Å². The third-order valence-corrected chi connectivity index (χ3v) is 4.06. The summed E-state index contributed by atoms with van der Waals surface area (Å²) in [6.45, 7) is 0. The van der Waals surface area contributed by atoms with E-state index in [4.69, 9.17) is 0 Å². The van der Waals surface area contributed by atoms with Crippen LogP contribution in [0.2, 0.25) is 0 Å². The van der Waals surface area contributed by atoms with Crippen LogP contribution in [0.1, 0.15) is 18.4 Å². The molecule has 0 atom stereocenters. The number of hydrogen-bond acceptors (Lipinski definition) is 1. The summed E-state index contributed by atoms with van der Waals surface area (Å²) in [4.78, 5) is 12.1. The maximum absolute atomic E-state index is 12.1. The molecule has 2 amide bonds. The third kappa shape index (κ3) is 2.85. The Balaban J connectivity index is 1.66. The summed E-state index contributed by atoms with van der Waals surface area (Å²) >= 11 is 3.37. The van der Waals surface area contributed by atoms with Crippen molar-refractivity contribution < 1.29 is 4.79 Å². The van der Waals surface area contributed by atoms with Gasteiger partial charge in [-0.05, 0) is 42.7 Å². The fraction of sp³-hybridized carbons (Fsp3) is 0.188. The van der Waals surface area contributed by atoms with Crippen molar-refractivity contribution in [3.8, 4) is 0 Å². The molecular weight excluding hydrogens is 316 g/mol. The van der Waals surface area contributed by atoms with E-state index < -0.39 is 0 Å². The van der Waals surface area contributed by atoms with Crippen molar-refractivity contribution >= 4 is 27.6 Å². The summed E-state index contributed by atoms with van der Waals surface area (Å²) in [7, 11) is 0. The number of anilines is 1. The van der Waals surface area contributed by atoms with Crippen LogP contribution >= 0.6 is 15.9 Å². The smallest absolute Gasteiger partial charge is 0.319 e. The van der Waals surface area contributed by atoms with E-state index >= 15 is 0 Å². The summed E-state index contributed by atoms with van der Waals surface area (Å²) in [6, 6.07) is 17.5. The Labute approximate surface area is 126 Å². The van der Waals surface area contributed by atoms with E-state index in [0.717, 1.165) is 23.0 Å². The first-order valence-corrected chi connectivity index (χ1v) is 7.38. The van der Waals surface area contributed by atoms with Crippen LogP contribution in [0.4, 0.5) is 10.5 Å². The number of urea groups is 1. The molecule has 2 aromatic rings. The summed E-state index contributed by atoms with van der Waals surface area (Å²) in [6.07, 6.45) is 1.98. The van der Waals surface area contributed by atoms with Gasteiger partial charge in [0.05, 0.1) is 5.54 Å². The number of benzene rings is 2. The molecule has 0 spiro atoms. The molecule has 0 radical (unpaired) electrons. The van der Waals surface area contributed by atoms with Crippen molar-refractivity contribution in [1.82, 2.24) is 5.32 Å². The first kappa shape index (κ1) is 13.2. The highest BCUT2D eigenvalue weighted by Crippen LogP contribution is 2.45. The largest absolute Gasteiger partial charge is 0.328 e. The Morgan fingerprint density at radius 1 is 1.00 bits per heavy atom. The molecule has 3 rings (SSSR count). The van der Waals surface area contributed by atoms with Gasteiger partial charge in [-0.1, -0.05) is 46.3 Å². The molecule has 20 heavy (non-hydrogen) atoms. The predicted octanol–water partition coefficient (Wildman–Crippen LogP) is 4.26. The number of nitrogens with one attached hydrogen (secondary N) is 2. The quantitative estimate of drug-likeness (QED) is 0.867. The molecule has 0 heterocycles. The molecule has 2 N–H and O–H groups in total. The number of carbonyl (C=O) groups excluding carboxylic acids is 1. The van der Waals surface area contributed by atoms with E-state index in [0.29, 0.717) is 0 Å².